The highest BCUT2D eigenvalue weighted by molar-refractivity contribution is 6.31. The van der Waals surface area contributed by atoms with Crippen molar-refractivity contribution in [2.24, 2.45) is 5.10 Å². The van der Waals surface area contributed by atoms with Crippen LogP contribution >= 0.6 is 11.6 Å². The predicted molar refractivity (Wildman–Crippen MR) is 119 cm³/mol. The van der Waals surface area contributed by atoms with Crippen LogP contribution in [0.15, 0.2) is 78.0 Å². The Balaban J connectivity index is 1.57. The second-order valence-corrected chi connectivity index (χ2v) is 7.23. The number of amides is 1. The SMILES string of the molecule is N#Cc1ccc(C(=O)NN=Cc2cn(Cc3ccccc3Cl)c3ccccc23)c(F)c1. The van der Waals surface area contributed by atoms with Crippen molar-refractivity contribution in [3.8, 4) is 6.07 Å². The number of aromatic nitrogens is 1. The van der Waals surface area contributed by atoms with E-state index in [0.717, 1.165) is 28.1 Å². The van der Waals surface area contributed by atoms with E-state index >= 15 is 0 Å². The van der Waals surface area contributed by atoms with Crippen molar-refractivity contribution in [1.29, 1.82) is 5.26 Å². The van der Waals surface area contributed by atoms with Crippen molar-refractivity contribution < 1.29 is 9.18 Å². The summed E-state index contributed by atoms with van der Waals surface area (Å²) < 4.78 is 16.1. The summed E-state index contributed by atoms with van der Waals surface area (Å²) in [4.78, 5) is 12.2. The number of hydrazone groups is 1. The average molecular weight is 431 g/mol. The van der Waals surface area contributed by atoms with E-state index in [1.54, 1.807) is 0 Å². The van der Waals surface area contributed by atoms with E-state index in [4.69, 9.17) is 16.9 Å². The summed E-state index contributed by atoms with van der Waals surface area (Å²) in [5.41, 5.74) is 5.07. The first kappa shape index (κ1) is 20.3. The first-order chi connectivity index (χ1) is 15.1. The highest BCUT2D eigenvalue weighted by Crippen LogP contribution is 2.23. The van der Waals surface area contributed by atoms with Gasteiger partial charge in [0.1, 0.15) is 5.82 Å². The van der Waals surface area contributed by atoms with Crippen molar-refractivity contribution in [1.82, 2.24) is 9.99 Å². The van der Waals surface area contributed by atoms with Crippen LogP contribution in [0.1, 0.15) is 27.0 Å². The van der Waals surface area contributed by atoms with Crippen LogP contribution in [-0.2, 0) is 6.54 Å². The molecule has 4 rings (SSSR count). The zero-order chi connectivity index (χ0) is 21.8. The molecule has 0 fully saturated rings. The fourth-order valence-electron chi connectivity index (χ4n) is 3.31. The molecule has 1 N–H and O–H groups in total. The summed E-state index contributed by atoms with van der Waals surface area (Å²) in [6, 6.07) is 20.9. The van der Waals surface area contributed by atoms with Crippen LogP contribution in [-0.4, -0.2) is 16.7 Å². The van der Waals surface area contributed by atoms with Crippen LogP contribution in [0.5, 0.6) is 0 Å². The monoisotopic (exact) mass is 430 g/mol. The lowest BCUT2D eigenvalue weighted by Crippen LogP contribution is -2.19. The molecule has 0 aliphatic carbocycles. The maximum Gasteiger partial charge on any atom is 0.274 e. The van der Waals surface area contributed by atoms with Gasteiger partial charge < -0.3 is 4.57 Å². The summed E-state index contributed by atoms with van der Waals surface area (Å²) in [5, 5.41) is 14.4. The lowest BCUT2D eigenvalue weighted by Gasteiger charge is -2.07. The van der Waals surface area contributed by atoms with Crippen LogP contribution in [0, 0.1) is 17.1 Å². The first-order valence-electron chi connectivity index (χ1n) is 9.41. The molecule has 31 heavy (non-hydrogen) atoms. The van der Waals surface area contributed by atoms with Crippen molar-refractivity contribution in [2.75, 3.05) is 0 Å². The van der Waals surface area contributed by atoms with E-state index < -0.39 is 11.7 Å². The van der Waals surface area contributed by atoms with Crippen molar-refractivity contribution in [2.45, 2.75) is 6.54 Å². The molecule has 1 amide bonds. The molecule has 0 aliphatic heterocycles. The minimum atomic E-state index is -0.775. The summed E-state index contributed by atoms with van der Waals surface area (Å²) in [5.74, 6) is -1.47. The van der Waals surface area contributed by atoms with E-state index in [0.29, 0.717) is 11.6 Å². The highest BCUT2D eigenvalue weighted by atomic mass is 35.5. The van der Waals surface area contributed by atoms with Gasteiger partial charge in [-0.1, -0.05) is 48.0 Å². The van der Waals surface area contributed by atoms with Crippen LogP contribution < -0.4 is 5.43 Å². The maximum atomic E-state index is 14.0. The fourth-order valence-corrected chi connectivity index (χ4v) is 3.50. The first-order valence-corrected chi connectivity index (χ1v) is 9.79. The summed E-state index contributed by atoms with van der Waals surface area (Å²) in [7, 11) is 0. The van der Waals surface area contributed by atoms with Crippen molar-refractivity contribution in [3.05, 3.63) is 106 Å². The summed E-state index contributed by atoms with van der Waals surface area (Å²) in [6.45, 7) is 0.580. The molecule has 0 atom stereocenters. The third-order valence-electron chi connectivity index (χ3n) is 4.83. The zero-order valence-corrected chi connectivity index (χ0v) is 17.0. The molecule has 0 aliphatic rings. The molecule has 7 heteroatoms. The van der Waals surface area contributed by atoms with Crippen LogP contribution in [0.2, 0.25) is 5.02 Å². The number of hydrogen-bond acceptors (Lipinski definition) is 3. The standard InChI is InChI=1S/C24H16ClFN4O/c25-21-7-3-1-5-17(21)14-30-15-18(19-6-2-4-8-23(19)30)13-28-29-24(31)20-10-9-16(12-27)11-22(20)26/h1-11,13,15H,14H2,(H,29,31). The van der Waals surface area contributed by atoms with Gasteiger partial charge in [0.2, 0.25) is 0 Å². The minimum Gasteiger partial charge on any atom is -0.342 e. The van der Waals surface area contributed by atoms with Gasteiger partial charge in [0.25, 0.3) is 5.91 Å². The van der Waals surface area contributed by atoms with E-state index in [1.807, 2.05) is 60.8 Å². The predicted octanol–water partition coefficient (Wildman–Crippen LogP) is 5.12. The van der Waals surface area contributed by atoms with Gasteiger partial charge in [-0.05, 0) is 35.9 Å². The van der Waals surface area contributed by atoms with Gasteiger partial charge >= 0.3 is 0 Å². The Morgan fingerprint density at radius 3 is 2.71 bits per heavy atom. The maximum absolute atomic E-state index is 14.0. The lowest BCUT2D eigenvalue weighted by atomic mass is 10.1. The molecule has 0 bridgehead atoms. The van der Waals surface area contributed by atoms with E-state index in [9.17, 15) is 9.18 Å². The number of benzene rings is 3. The number of para-hydroxylation sites is 1. The average Bonchev–Trinajstić information content (AvgIpc) is 3.12. The number of hydrogen-bond donors (Lipinski definition) is 1. The Hall–Kier alpha value is -3.95. The van der Waals surface area contributed by atoms with Crippen LogP contribution in [0.4, 0.5) is 4.39 Å². The number of nitrogens with zero attached hydrogens (tertiary/aromatic N) is 3. The van der Waals surface area contributed by atoms with Crippen LogP contribution in [0.3, 0.4) is 0 Å². The summed E-state index contributed by atoms with van der Waals surface area (Å²) >= 11 is 6.31. The Bertz CT molecular complexity index is 1350. The normalized spacial score (nSPS) is 11.0. The lowest BCUT2D eigenvalue weighted by molar-refractivity contribution is 0.0951. The van der Waals surface area contributed by atoms with E-state index in [-0.39, 0.29) is 11.1 Å². The molecule has 0 unspecified atom stereocenters. The number of nitriles is 1. The second kappa shape index (κ2) is 8.82. The molecule has 1 heterocycles. The van der Waals surface area contributed by atoms with E-state index in [2.05, 4.69) is 15.1 Å². The van der Waals surface area contributed by atoms with Gasteiger partial charge in [-0.25, -0.2) is 9.82 Å². The number of halogens is 2. The van der Waals surface area contributed by atoms with Gasteiger partial charge in [-0.15, -0.1) is 0 Å². The molecule has 1 aromatic heterocycles. The summed E-state index contributed by atoms with van der Waals surface area (Å²) in [6.07, 6.45) is 3.44. The number of carbonyl (C=O) groups excluding carboxylic acids is 1. The number of nitrogens with one attached hydrogen (secondary N) is 1. The molecule has 0 radical (unpaired) electrons. The molecular weight excluding hydrogens is 415 g/mol. The number of carbonyl (C=O) groups is 1. The Labute approximate surface area is 183 Å². The molecular formula is C24H16ClFN4O. The molecule has 0 saturated heterocycles. The van der Waals surface area contributed by atoms with Gasteiger partial charge in [-0.3, -0.25) is 4.79 Å². The quantitative estimate of drug-likeness (QED) is 0.352. The zero-order valence-electron chi connectivity index (χ0n) is 16.2. The molecule has 4 aromatic rings. The Kier molecular flexibility index (Phi) is 5.78. The number of rotatable bonds is 5. The topological polar surface area (TPSA) is 70.2 Å². The smallest absolute Gasteiger partial charge is 0.274 e. The van der Waals surface area contributed by atoms with Crippen molar-refractivity contribution in [3.63, 3.8) is 0 Å². The largest absolute Gasteiger partial charge is 0.342 e. The third-order valence-corrected chi connectivity index (χ3v) is 5.20. The molecule has 0 spiro atoms. The minimum absolute atomic E-state index is 0.142. The number of fused-ring (bicyclic) bond motifs is 1. The third kappa shape index (κ3) is 4.32. The highest BCUT2D eigenvalue weighted by Gasteiger charge is 2.12. The van der Waals surface area contributed by atoms with Gasteiger partial charge in [-0.2, -0.15) is 10.4 Å². The Morgan fingerprint density at radius 1 is 1.16 bits per heavy atom. The second-order valence-electron chi connectivity index (χ2n) is 6.83. The molecule has 3 aromatic carbocycles. The van der Waals surface area contributed by atoms with Crippen LogP contribution in [0.25, 0.3) is 10.9 Å². The Morgan fingerprint density at radius 2 is 1.94 bits per heavy atom. The van der Waals surface area contributed by atoms with Gasteiger partial charge in [0.15, 0.2) is 0 Å². The van der Waals surface area contributed by atoms with E-state index in [1.165, 1.54) is 18.3 Å². The molecule has 5 nitrogen and oxygen atoms in total. The van der Waals surface area contributed by atoms with Crippen molar-refractivity contribution >= 4 is 34.6 Å². The molecule has 0 saturated carbocycles. The van der Waals surface area contributed by atoms with Gasteiger partial charge in [0.05, 0.1) is 23.4 Å². The molecule has 152 valence electrons. The fraction of sp³-hybridized carbons (Fsp3) is 0.0417. The van der Waals surface area contributed by atoms with Gasteiger partial charge in [0, 0.05) is 34.2 Å².